The number of ether oxygens (including phenoxy) is 1. The van der Waals surface area contributed by atoms with Crippen molar-refractivity contribution in [3.05, 3.63) is 11.8 Å². The zero-order valence-electron chi connectivity index (χ0n) is 7.68. The number of hydrogen-bond donors (Lipinski definition) is 0. The standard InChI is InChI=1S/C10H11NO3/c12-5-6-1-2-8-7(3-6)11-9(13)4-10(11)14-8/h2,5-7,10H,1,3-4H2. The predicted molar refractivity (Wildman–Crippen MR) is 47.0 cm³/mol. The van der Waals surface area contributed by atoms with Gasteiger partial charge in [-0.15, -0.1) is 0 Å². The van der Waals surface area contributed by atoms with Gasteiger partial charge >= 0.3 is 0 Å². The fraction of sp³-hybridized carbons (Fsp3) is 0.600. The Bertz CT molecular complexity index is 336. The fourth-order valence-corrected chi connectivity index (χ4v) is 2.42. The molecule has 2 fully saturated rings. The highest BCUT2D eigenvalue weighted by atomic mass is 16.5. The second-order valence-corrected chi connectivity index (χ2v) is 4.07. The molecular weight excluding hydrogens is 182 g/mol. The summed E-state index contributed by atoms with van der Waals surface area (Å²) >= 11 is 0. The van der Waals surface area contributed by atoms with Gasteiger partial charge in [-0.2, -0.15) is 0 Å². The minimum Gasteiger partial charge on any atom is -0.472 e. The maximum absolute atomic E-state index is 11.3. The van der Waals surface area contributed by atoms with Crippen LogP contribution in [0.15, 0.2) is 11.8 Å². The van der Waals surface area contributed by atoms with Crippen LogP contribution in [0.5, 0.6) is 0 Å². The molecule has 4 heteroatoms. The van der Waals surface area contributed by atoms with Gasteiger partial charge in [0.1, 0.15) is 12.0 Å². The smallest absolute Gasteiger partial charge is 0.231 e. The maximum Gasteiger partial charge on any atom is 0.231 e. The minimum absolute atomic E-state index is 0.0378. The van der Waals surface area contributed by atoms with Crippen LogP contribution >= 0.6 is 0 Å². The Morgan fingerprint density at radius 1 is 1.57 bits per heavy atom. The summed E-state index contributed by atoms with van der Waals surface area (Å²) < 4.78 is 5.58. The summed E-state index contributed by atoms with van der Waals surface area (Å²) in [4.78, 5) is 23.7. The first kappa shape index (κ1) is 8.03. The molecule has 0 aromatic carbocycles. The van der Waals surface area contributed by atoms with Crippen molar-refractivity contribution in [2.24, 2.45) is 5.92 Å². The first-order valence-corrected chi connectivity index (χ1v) is 4.93. The first-order valence-electron chi connectivity index (χ1n) is 4.93. The molecule has 0 saturated carbocycles. The van der Waals surface area contributed by atoms with E-state index < -0.39 is 0 Å². The number of β-lactam (4-membered cyclic amide) rings is 1. The monoisotopic (exact) mass is 193 g/mol. The highest BCUT2D eigenvalue weighted by Crippen LogP contribution is 2.41. The van der Waals surface area contributed by atoms with E-state index in [0.717, 1.165) is 24.9 Å². The average molecular weight is 193 g/mol. The van der Waals surface area contributed by atoms with E-state index in [4.69, 9.17) is 4.74 Å². The second kappa shape index (κ2) is 2.59. The summed E-state index contributed by atoms with van der Waals surface area (Å²) in [6.45, 7) is 0. The Labute approximate surface area is 81.5 Å². The average Bonchev–Trinajstić information content (AvgIpc) is 2.47. The molecule has 0 aromatic rings. The summed E-state index contributed by atoms with van der Waals surface area (Å²) in [5, 5.41) is 0. The van der Waals surface area contributed by atoms with Gasteiger partial charge in [-0.3, -0.25) is 9.69 Å². The SMILES string of the molecule is O=CC1CC=C2OC3CC(=O)N3C2C1. The third-order valence-corrected chi connectivity index (χ3v) is 3.22. The van der Waals surface area contributed by atoms with Gasteiger partial charge < -0.3 is 9.53 Å². The molecule has 4 nitrogen and oxygen atoms in total. The lowest BCUT2D eigenvalue weighted by molar-refractivity contribution is -0.157. The highest BCUT2D eigenvalue weighted by molar-refractivity contribution is 5.84. The van der Waals surface area contributed by atoms with E-state index in [-0.39, 0.29) is 24.1 Å². The van der Waals surface area contributed by atoms with Crippen molar-refractivity contribution in [3.63, 3.8) is 0 Å². The molecule has 0 aromatic heterocycles. The van der Waals surface area contributed by atoms with Crippen molar-refractivity contribution in [3.8, 4) is 0 Å². The lowest BCUT2D eigenvalue weighted by Crippen LogP contribution is -2.53. The summed E-state index contributed by atoms with van der Waals surface area (Å²) in [7, 11) is 0. The summed E-state index contributed by atoms with van der Waals surface area (Å²) in [5.74, 6) is 1.10. The van der Waals surface area contributed by atoms with Crippen LogP contribution in [0.2, 0.25) is 0 Å². The maximum atomic E-state index is 11.3. The number of amides is 1. The Kier molecular flexibility index (Phi) is 1.48. The molecular formula is C10H11NO3. The molecule has 3 rings (SSSR count). The fourth-order valence-electron chi connectivity index (χ4n) is 2.42. The molecule has 1 aliphatic carbocycles. The number of carbonyl (C=O) groups excluding carboxylic acids is 2. The molecule has 0 spiro atoms. The molecule has 74 valence electrons. The van der Waals surface area contributed by atoms with Gasteiger partial charge in [-0.05, 0) is 18.9 Å². The zero-order chi connectivity index (χ0) is 9.71. The number of aldehydes is 1. The molecule has 3 unspecified atom stereocenters. The molecule has 14 heavy (non-hydrogen) atoms. The first-order chi connectivity index (χ1) is 6.79. The van der Waals surface area contributed by atoms with Crippen LogP contribution in [-0.2, 0) is 14.3 Å². The van der Waals surface area contributed by atoms with Crippen LogP contribution in [0.3, 0.4) is 0 Å². The van der Waals surface area contributed by atoms with Crippen molar-refractivity contribution < 1.29 is 14.3 Å². The molecule has 2 aliphatic heterocycles. The van der Waals surface area contributed by atoms with Gasteiger partial charge in [0, 0.05) is 5.92 Å². The molecule has 0 bridgehead atoms. The van der Waals surface area contributed by atoms with E-state index in [9.17, 15) is 9.59 Å². The molecule has 2 saturated heterocycles. The van der Waals surface area contributed by atoms with E-state index in [2.05, 4.69) is 0 Å². The van der Waals surface area contributed by atoms with Crippen molar-refractivity contribution >= 4 is 12.2 Å². The molecule has 2 heterocycles. The van der Waals surface area contributed by atoms with Gasteiger partial charge in [0.05, 0.1) is 12.5 Å². The van der Waals surface area contributed by atoms with E-state index in [1.54, 1.807) is 4.90 Å². The van der Waals surface area contributed by atoms with E-state index in [1.807, 2.05) is 6.08 Å². The Hall–Kier alpha value is -1.32. The van der Waals surface area contributed by atoms with Crippen LogP contribution in [0, 0.1) is 5.92 Å². The van der Waals surface area contributed by atoms with Crippen molar-refractivity contribution in [1.29, 1.82) is 0 Å². The topological polar surface area (TPSA) is 46.6 Å². The van der Waals surface area contributed by atoms with E-state index in [0.29, 0.717) is 6.42 Å². The third kappa shape index (κ3) is 0.882. The van der Waals surface area contributed by atoms with Crippen LogP contribution in [-0.4, -0.2) is 29.4 Å². The molecule has 0 radical (unpaired) electrons. The predicted octanol–water partition coefficient (Wildman–Crippen LogP) is 0.436. The van der Waals surface area contributed by atoms with Crippen molar-refractivity contribution in [2.75, 3.05) is 0 Å². The van der Waals surface area contributed by atoms with E-state index in [1.165, 1.54) is 0 Å². The zero-order valence-corrected chi connectivity index (χ0v) is 7.68. The number of allylic oxidation sites excluding steroid dienone is 1. The Morgan fingerprint density at radius 3 is 3.14 bits per heavy atom. The quantitative estimate of drug-likeness (QED) is 0.448. The van der Waals surface area contributed by atoms with Gasteiger partial charge in [0.2, 0.25) is 5.91 Å². The number of hydrogen-bond acceptors (Lipinski definition) is 3. The molecule has 3 atom stereocenters. The third-order valence-electron chi connectivity index (χ3n) is 3.22. The molecule has 1 amide bonds. The van der Waals surface area contributed by atoms with Crippen LogP contribution in [0.1, 0.15) is 19.3 Å². The lowest BCUT2D eigenvalue weighted by Gasteiger charge is -2.36. The molecule has 3 aliphatic rings. The Balaban J connectivity index is 1.87. The number of nitrogens with zero attached hydrogens (tertiary/aromatic N) is 1. The van der Waals surface area contributed by atoms with Gasteiger partial charge in [0.25, 0.3) is 0 Å². The lowest BCUT2D eigenvalue weighted by atomic mass is 9.89. The summed E-state index contributed by atoms with van der Waals surface area (Å²) in [6.07, 6.45) is 4.88. The summed E-state index contributed by atoms with van der Waals surface area (Å²) in [6, 6.07) is 0.0465. The van der Waals surface area contributed by atoms with Gasteiger partial charge in [-0.25, -0.2) is 0 Å². The Morgan fingerprint density at radius 2 is 2.43 bits per heavy atom. The van der Waals surface area contributed by atoms with Crippen LogP contribution in [0.25, 0.3) is 0 Å². The number of fused-ring (bicyclic) bond motifs is 3. The summed E-state index contributed by atoms with van der Waals surface area (Å²) in [5.41, 5.74) is 0. The van der Waals surface area contributed by atoms with Gasteiger partial charge in [-0.1, -0.05) is 0 Å². The van der Waals surface area contributed by atoms with E-state index >= 15 is 0 Å². The largest absolute Gasteiger partial charge is 0.472 e. The van der Waals surface area contributed by atoms with Crippen molar-refractivity contribution in [2.45, 2.75) is 31.5 Å². The minimum atomic E-state index is -0.0378. The van der Waals surface area contributed by atoms with Crippen LogP contribution < -0.4 is 0 Å². The van der Waals surface area contributed by atoms with Crippen molar-refractivity contribution in [1.82, 2.24) is 4.90 Å². The number of carbonyl (C=O) groups is 2. The van der Waals surface area contributed by atoms with Crippen LogP contribution in [0.4, 0.5) is 0 Å². The number of rotatable bonds is 1. The highest BCUT2D eigenvalue weighted by Gasteiger charge is 2.51. The normalized spacial score (nSPS) is 39.1. The second-order valence-electron chi connectivity index (χ2n) is 4.07. The van der Waals surface area contributed by atoms with Gasteiger partial charge in [0.15, 0.2) is 6.23 Å². The molecule has 0 N–H and O–H groups in total.